The van der Waals surface area contributed by atoms with E-state index in [1.807, 2.05) is 18.2 Å². The maximum absolute atomic E-state index is 10.6. The second-order valence-corrected chi connectivity index (χ2v) is 4.56. The zero-order valence-corrected chi connectivity index (χ0v) is 10.1. The van der Waals surface area contributed by atoms with Crippen LogP contribution < -0.4 is 0 Å². The van der Waals surface area contributed by atoms with Gasteiger partial charge >= 0.3 is 5.97 Å². The van der Waals surface area contributed by atoms with Gasteiger partial charge in [-0.25, -0.2) is 4.79 Å². The molecule has 1 aromatic carbocycles. The van der Waals surface area contributed by atoms with E-state index in [9.17, 15) is 4.79 Å². The second kappa shape index (κ2) is 5.16. The topological polar surface area (TPSA) is 63.1 Å². The van der Waals surface area contributed by atoms with Crippen molar-refractivity contribution >= 4 is 29.3 Å². The molecule has 0 saturated heterocycles. The van der Waals surface area contributed by atoms with Gasteiger partial charge in [-0.15, -0.1) is 10.2 Å². The van der Waals surface area contributed by atoms with Gasteiger partial charge in [0.15, 0.2) is 5.69 Å². The highest BCUT2D eigenvalue weighted by Gasteiger charge is 2.07. The smallest absolute Gasteiger partial charge is 0.356 e. The number of hydrogen-bond donors (Lipinski definition) is 1. The second-order valence-electron chi connectivity index (χ2n) is 3.09. The van der Waals surface area contributed by atoms with Crippen LogP contribution in [0.5, 0.6) is 0 Å². The summed E-state index contributed by atoms with van der Waals surface area (Å²) in [5.41, 5.74) is -0.0755. The van der Waals surface area contributed by atoms with Gasteiger partial charge in [-0.2, -0.15) is 0 Å². The van der Waals surface area contributed by atoms with E-state index in [2.05, 4.69) is 10.2 Å². The van der Waals surface area contributed by atoms with Gasteiger partial charge in [-0.1, -0.05) is 35.5 Å². The van der Waals surface area contributed by atoms with Crippen molar-refractivity contribution in [1.82, 2.24) is 10.2 Å². The molecule has 2 rings (SSSR count). The largest absolute Gasteiger partial charge is 0.476 e. The highest BCUT2D eigenvalue weighted by Crippen LogP contribution is 2.31. The molecule has 0 aliphatic carbocycles. The number of aromatic nitrogens is 2. The number of carboxylic acid groups (broad SMARTS) is 1. The minimum absolute atomic E-state index is 0.0755. The summed E-state index contributed by atoms with van der Waals surface area (Å²) in [7, 11) is 0. The first kappa shape index (κ1) is 11.9. The minimum Gasteiger partial charge on any atom is -0.476 e. The van der Waals surface area contributed by atoms with E-state index in [0.717, 1.165) is 4.90 Å². The molecule has 1 heterocycles. The van der Waals surface area contributed by atoms with Crippen LogP contribution in [0.1, 0.15) is 10.5 Å². The summed E-state index contributed by atoms with van der Waals surface area (Å²) in [4.78, 5) is 11.4. The number of hydrogen-bond acceptors (Lipinski definition) is 4. The van der Waals surface area contributed by atoms with E-state index in [1.165, 1.54) is 17.8 Å². The van der Waals surface area contributed by atoms with Gasteiger partial charge in [0.2, 0.25) is 0 Å². The van der Waals surface area contributed by atoms with Crippen LogP contribution in [0.2, 0.25) is 5.02 Å². The molecule has 0 fully saturated rings. The van der Waals surface area contributed by atoms with Gasteiger partial charge in [0.1, 0.15) is 5.03 Å². The molecule has 1 N–H and O–H groups in total. The number of halogens is 1. The zero-order chi connectivity index (χ0) is 12.3. The third-order valence-corrected chi connectivity index (χ3v) is 3.35. The van der Waals surface area contributed by atoms with Gasteiger partial charge in [-0.05, 0) is 24.3 Å². The first-order valence-corrected chi connectivity index (χ1v) is 5.85. The van der Waals surface area contributed by atoms with Crippen molar-refractivity contribution in [3.63, 3.8) is 0 Å². The molecule has 2 aromatic rings. The number of benzene rings is 1. The molecule has 0 aliphatic heterocycles. The predicted molar refractivity (Wildman–Crippen MR) is 64.6 cm³/mol. The van der Waals surface area contributed by atoms with Gasteiger partial charge in [0.05, 0.1) is 5.02 Å². The van der Waals surface area contributed by atoms with Crippen molar-refractivity contribution in [1.29, 1.82) is 0 Å². The van der Waals surface area contributed by atoms with Crippen LogP contribution >= 0.6 is 23.4 Å². The number of carbonyl (C=O) groups is 1. The fourth-order valence-electron chi connectivity index (χ4n) is 1.13. The Kier molecular flexibility index (Phi) is 3.61. The number of aromatic carboxylic acids is 1. The fraction of sp³-hybridized carbons (Fsp3) is 0. The molecule has 86 valence electrons. The third kappa shape index (κ3) is 2.95. The summed E-state index contributed by atoms with van der Waals surface area (Å²) in [6.45, 7) is 0. The fourth-order valence-corrected chi connectivity index (χ4v) is 2.14. The molecule has 0 spiro atoms. The van der Waals surface area contributed by atoms with Crippen LogP contribution in [-0.2, 0) is 0 Å². The monoisotopic (exact) mass is 266 g/mol. The van der Waals surface area contributed by atoms with E-state index in [0.29, 0.717) is 10.0 Å². The lowest BCUT2D eigenvalue weighted by atomic mass is 10.4. The standard InChI is InChI=1S/C11H7ClN2O2S/c12-7-3-1-2-4-9(7)17-10-6-5-8(11(15)16)13-14-10/h1-6H,(H,15,16). The van der Waals surface area contributed by atoms with Crippen LogP contribution in [0, 0.1) is 0 Å². The summed E-state index contributed by atoms with van der Waals surface area (Å²) >= 11 is 7.33. The Morgan fingerprint density at radius 3 is 2.53 bits per heavy atom. The first-order valence-electron chi connectivity index (χ1n) is 4.66. The summed E-state index contributed by atoms with van der Waals surface area (Å²) in [5, 5.41) is 17.3. The zero-order valence-electron chi connectivity index (χ0n) is 8.50. The molecule has 0 saturated carbocycles. The third-order valence-electron chi connectivity index (χ3n) is 1.91. The average Bonchev–Trinajstić information content (AvgIpc) is 2.33. The molecule has 0 aliphatic rings. The van der Waals surface area contributed by atoms with E-state index >= 15 is 0 Å². The van der Waals surface area contributed by atoms with Crippen LogP contribution in [0.4, 0.5) is 0 Å². The lowest BCUT2D eigenvalue weighted by Crippen LogP contribution is -2.01. The molecule has 0 atom stereocenters. The Hall–Kier alpha value is -1.59. The lowest BCUT2D eigenvalue weighted by Gasteiger charge is -2.02. The molecule has 4 nitrogen and oxygen atoms in total. The Labute approximate surface area is 107 Å². The molecule has 17 heavy (non-hydrogen) atoms. The highest BCUT2D eigenvalue weighted by molar-refractivity contribution is 7.99. The van der Waals surface area contributed by atoms with E-state index in [-0.39, 0.29) is 5.69 Å². The van der Waals surface area contributed by atoms with Crippen molar-refractivity contribution in [3.05, 3.63) is 47.1 Å². The number of carboxylic acids is 1. The maximum Gasteiger partial charge on any atom is 0.356 e. The normalized spacial score (nSPS) is 10.2. The average molecular weight is 267 g/mol. The summed E-state index contributed by atoms with van der Waals surface area (Å²) < 4.78 is 0. The lowest BCUT2D eigenvalue weighted by molar-refractivity contribution is 0.0689. The molecule has 0 bridgehead atoms. The summed E-state index contributed by atoms with van der Waals surface area (Å²) in [5.74, 6) is -1.09. The van der Waals surface area contributed by atoms with Crippen LogP contribution in [-0.4, -0.2) is 21.3 Å². The van der Waals surface area contributed by atoms with Crippen molar-refractivity contribution in [3.8, 4) is 0 Å². The van der Waals surface area contributed by atoms with Crippen molar-refractivity contribution in [2.45, 2.75) is 9.92 Å². The number of nitrogens with zero attached hydrogens (tertiary/aromatic N) is 2. The number of rotatable bonds is 3. The molecular formula is C11H7ClN2O2S. The van der Waals surface area contributed by atoms with Gasteiger partial charge in [0, 0.05) is 4.90 Å². The Bertz CT molecular complexity index is 545. The molecule has 6 heteroatoms. The Balaban J connectivity index is 2.20. The summed E-state index contributed by atoms with van der Waals surface area (Å²) in [6.07, 6.45) is 0. The quantitative estimate of drug-likeness (QED) is 0.925. The van der Waals surface area contributed by atoms with Crippen LogP contribution in [0.3, 0.4) is 0 Å². The molecule has 0 unspecified atom stereocenters. The summed E-state index contributed by atoms with van der Waals surface area (Å²) in [6, 6.07) is 10.4. The predicted octanol–water partition coefficient (Wildman–Crippen LogP) is 2.98. The van der Waals surface area contributed by atoms with Crippen molar-refractivity contribution in [2.75, 3.05) is 0 Å². The SMILES string of the molecule is O=C(O)c1ccc(Sc2ccccc2Cl)nn1. The molecule has 0 amide bonds. The highest BCUT2D eigenvalue weighted by atomic mass is 35.5. The van der Waals surface area contributed by atoms with Crippen LogP contribution in [0.25, 0.3) is 0 Å². The minimum atomic E-state index is -1.09. The first-order chi connectivity index (χ1) is 8.16. The molecule has 0 radical (unpaired) electrons. The van der Waals surface area contributed by atoms with Gasteiger partial charge in [-0.3, -0.25) is 0 Å². The Morgan fingerprint density at radius 2 is 1.94 bits per heavy atom. The van der Waals surface area contributed by atoms with Crippen LogP contribution in [0.15, 0.2) is 46.3 Å². The van der Waals surface area contributed by atoms with Gasteiger partial charge in [0.25, 0.3) is 0 Å². The molecular weight excluding hydrogens is 260 g/mol. The Morgan fingerprint density at radius 1 is 1.18 bits per heavy atom. The van der Waals surface area contributed by atoms with E-state index in [1.54, 1.807) is 12.1 Å². The molecule has 1 aromatic heterocycles. The van der Waals surface area contributed by atoms with Gasteiger partial charge < -0.3 is 5.11 Å². The van der Waals surface area contributed by atoms with Crippen molar-refractivity contribution in [2.24, 2.45) is 0 Å². The van der Waals surface area contributed by atoms with E-state index in [4.69, 9.17) is 16.7 Å². The van der Waals surface area contributed by atoms with Crippen molar-refractivity contribution < 1.29 is 9.90 Å². The maximum atomic E-state index is 10.6. The van der Waals surface area contributed by atoms with E-state index < -0.39 is 5.97 Å².